The summed E-state index contributed by atoms with van der Waals surface area (Å²) in [5.74, 6) is -2.52. The van der Waals surface area contributed by atoms with Crippen LogP contribution in [0.15, 0.2) is 58.4 Å². The fourth-order valence-corrected chi connectivity index (χ4v) is 4.82. The lowest BCUT2D eigenvalue weighted by atomic mass is 9.99. The molecule has 12 heteroatoms. The SMILES string of the molecule is CC(=O)[C@@H]1C(=O)c2c(cccc2[N+](=O)[O-])C1=Nc1ccc(S(=O)(=O)Nc2nc(C)cc(C)n2)cc1. The minimum Gasteiger partial charge on any atom is -0.299 e. The minimum absolute atomic E-state index is 0.0567. The summed E-state index contributed by atoms with van der Waals surface area (Å²) in [6.07, 6.45) is 0. The molecular weight excluding hydrogens is 474 g/mol. The lowest BCUT2D eigenvalue weighted by Gasteiger charge is -2.09. The standard InChI is InChI=1S/C23H19N5O6S/c1-12-11-13(2)25-23(24-12)27-35(33,34)16-9-7-15(8-10-16)26-21-17-5-4-6-18(28(31)32)20(17)22(30)19(21)14(3)29/h4-11,19H,1-3H3,(H,24,25,27)/t19-/m0/s1. The molecule has 2 aromatic carbocycles. The Balaban J connectivity index is 1.70. The molecule has 4 rings (SSSR count). The van der Waals surface area contributed by atoms with Crippen LogP contribution in [0.4, 0.5) is 17.3 Å². The number of ketones is 2. The highest BCUT2D eigenvalue weighted by molar-refractivity contribution is 7.92. The van der Waals surface area contributed by atoms with Crippen LogP contribution in [0.5, 0.6) is 0 Å². The first-order valence-corrected chi connectivity index (χ1v) is 11.8. The molecule has 0 bridgehead atoms. The molecule has 1 aromatic heterocycles. The first-order chi connectivity index (χ1) is 16.5. The Morgan fingerprint density at radius 2 is 1.71 bits per heavy atom. The highest BCUT2D eigenvalue weighted by Crippen LogP contribution is 2.36. The van der Waals surface area contributed by atoms with Crippen molar-refractivity contribution >= 4 is 44.6 Å². The topological polar surface area (TPSA) is 162 Å². The van der Waals surface area contributed by atoms with E-state index in [0.29, 0.717) is 11.4 Å². The number of aromatic nitrogens is 2. The second kappa shape index (κ2) is 8.80. The fraction of sp³-hybridized carbons (Fsp3) is 0.174. The van der Waals surface area contributed by atoms with Crippen LogP contribution in [0.1, 0.15) is 34.2 Å². The molecule has 11 nitrogen and oxygen atoms in total. The van der Waals surface area contributed by atoms with Gasteiger partial charge in [0, 0.05) is 23.0 Å². The number of benzene rings is 2. The van der Waals surface area contributed by atoms with Crippen molar-refractivity contribution in [1.82, 2.24) is 9.97 Å². The van der Waals surface area contributed by atoms with Crippen molar-refractivity contribution in [3.8, 4) is 0 Å². The second-order valence-corrected chi connectivity index (χ2v) is 9.62. The van der Waals surface area contributed by atoms with Gasteiger partial charge in [-0.1, -0.05) is 12.1 Å². The quantitative estimate of drug-likeness (QED) is 0.311. The normalized spacial score (nSPS) is 16.3. The molecule has 35 heavy (non-hydrogen) atoms. The lowest BCUT2D eigenvalue weighted by Crippen LogP contribution is -2.23. The first kappa shape index (κ1) is 23.8. The van der Waals surface area contributed by atoms with Crippen molar-refractivity contribution in [3.63, 3.8) is 0 Å². The number of rotatable bonds is 6. The number of carbonyl (C=O) groups excluding carboxylic acids is 2. The van der Waals surface area contributed by atoms with Crippen molar-refractivity contribution in [1.29, 1.82) is 0 Å². The van der Waals surface area contributed by atoms with E-state index in [1.807, 2.05) is 0 Å². The Hall–Kier alpha value is -4.32. The van der Waals surface area contributed by atoms with Crippen molar-refractivity contribution in [2.45, 2.75) is 25.7 Å². The van der Waals surface area contributed by atoms with Crippen LogP contribution in [0, 0.1) is 29.9 Å². The minimum atomic E-state index is -3.99. The molecule has 3 aromatic rings. The number of aryl methyl sites for hydroxylation is 2. The first-order valence-electron chi connectivity index (χ1n) is 10.3. The summed E-state index contributed by atoms with van der Waals surface area (Å²) in [6, 6.07) is 11.2. The zero-order valence-corrected chi connectivity index (χ0v) is 19.7. The molecule has 0 radical (unpaired) electrons. The second-order valence-electron chi connectivity index (χ2n) is 7.94. The number of nitro groups is 1. The lowest BCUT2D eigenvalue weighted by molar-refractivity contribution is -0.385. The van der Waals surface area contributed by atoms with Crippen LogP contribution in [0.3, 0.4) is 0 Å². The van der Waals surface area contributed by atoms with Crippen molar-refractivity contribution < 1.29 is 22.9 Å². The average Bonchev–Trinajstić information content (AvgIpc) is 3.05. The number of anilines is 1. The van der Waals surface area contributed by atoms with Gasteiger partial charge in [0.2, 0.25) is 5.95 Å². The smallest absolute Gasteiger partial charge is 0.280 e. The van der Waals surface area contributed by atoms with Gasteiger partial charge in [0.25, 0.3) is 15.7 Å². The number of fused-ring (bicyclic) bond motifs is 1. The molecule has 0 saturated heterocycles. The number of sulfonamides is 1. The molecule has 1 N–H and O–H groups in total. The van der Waals surface area contributed by atoms with Crippen LogP contribution in [-0.2, 0) is 14.8 Å². The molecular formula is C23H19N5O6S. The van der Waals surface area contributed by atoms with Gasteiger partial charge in [-0.2, -0.15) is 0 Å². The Morgan fingerprint density at radius 3 is 2.29 bits per heavy atom. The Bertz CT molecular complexity index is 1510. The Labute approximate surface area is 200 Å². The van der Waals surface area contributed by atoms with E-state index < -0.39 is 38.1 Å². The average molecular weight is 494 g/mol. The summed E-state index contributed by atoms with van der Waals surface area (Å²) in [5.41, 5.74) is 1.20. The molecule has 0 aliphatic heterocycles. The van der Waals surface area contributed by atoms with E-state index in [4.69, 9.17) is 0 Å². The maximum absolute atomic E-state index is 12.9. The van der Waals surface area contributed by atoms with Gasteiger partial charge in [-0.3, -0.25) is 24.7 Å². The number of nitrogens with one attached hydrogen (secondary N) is 1. The van der Waals surface area contributed by atoms with Crippen molar-refractivity contribution in [2.24, 2.45) is 10.9 Å². The maximum atomic E-state index is 12.9. The fourth-order valence-electron chi connectivity index (χ4n) is 3.88. The zero-order chi connectivity index (χ0) is 25.5. The van der Waals surface area contributed by atoms with Gasteiger partial charge in [-0.05, 0) is 51.1 Å². The van der Waals surface area contributed by atoms with E-state index in [-0.39, 0.29) is 33.4 Å². The molecule has 1 aliphatic carbocycles. The molecule has 0 amide bonds. The number of hydrogen-bond donors (Lipinski definition) is 1. The maximum Gasteiger partial charge on any atom is 0.280 e. The number of aliphatic imine (C=N–C) groups is 1. The van der Waals surface area contributed by atoms with Gasteiger partial charge in [0.05, 0.1) is 21.2 Å². The summed E-state index contributed by atoms with van der Waals surface area (Å²) in [6.45, 7) is 4.65. The van der Waals surface area contributed by atoms with Crippen LogP contribution < -0.4 is 4.72 Å². The van der Waals surface area contributed by atoms with Gasteiger partial charge in [0.15, 0.2) is 5.78 Å². The predicted octanol–water partition coefficient (Wildman–Crippen LogP) is 3.32. The Morgan fingerprint density at radius 1 is 1.09 bits per heavy atom. The van der Waals surface area contributed by atoms with Crippen LogP contribution in [0.25, 0.3) is 0 Å². The van der Waals surface area contributed by atoms with Gasteiger partial charge < -0.3 is 0 Å². The summed E-state index contributed by atoms with van der Waals surface area (Å²) in [5, 5.41) is 11.4. The van der Waals surface area contributed by atoms with Crippen LogP contribution in [-0.4, -0.2) is 40.6 Å². The number of hydrogen-bond acceptors (Lipinski definition) is 9. The predicted molar refractivity (Wildman–Crippen MR) is 127 cm³/mol. The van der Waals surface area contributed by atoms with Crippen LogP contribution >= 0.6 is 0 Å². The van der Waals surface area contributed by atoms with Gasteiger partial charge in [-0.15, -0.1) is 0 Å². The monoisotopic (exact) mass is 493 g/mol. The molecule has 0 saturated carbocycles. The highest BCUT2D eigenvalue weighted by atomic mass is 32.2. The molecule has 0 spiro atoms. The van der Waals surface area contributed by atoms with Crippen LogP contribution in [0.2, 0.25) is 0 Å². The summed E-state index contributed by atoms with van der Waals surface area (Å²) < 4.78 is 27.8. The largest absolute Gasteiger partial charge is 0.299 e. The van der Waals surface area contributed by atoms with E-state index in [0.717, 1.165) is 0 Å². The molecule has 1 atom stereocenters. The van der Waals surface area contributed by atoms with E-state index in [1.165, 1.54) is 49.4 Å². The number of Topliss-reactive ketones (excluding diaryl/α,β-unsaturated/α-hetero) is 2. The molecule has 1 heterocycles. The van der Waals surface area contributed by atoms with Crippen molar-refractivity contribution in [3.05, 3.63) is 81.2 Å². The van der Waals surface area contributed by atoms with E-state index in [2.05, 4.69) is 19.7 Å². The van der Waals surface area contributed by atoms with E-state index in [1.54, 1.807) is 19.9 Å². The molecule has 178 valence electrons. The third-order valence-electron chi connectivity index (χ3n) is 5.31. The molecule has 0 unspecified atom stereocenters. The van der Waals surface area contributed by atoms with Gasteiger partial charge >= 0.3 is 0 Å². The van der Waals surface area contributed by atoms with E-state index >= 15 is 0 Å². The number of carbonyl (C=O) groups is 2. The Kier molecular flexibility index (Phi) is 5.99. The molecule has 0 fully saturated rings. The molecule has 1 aliphatic rings. The number of nitro benzene ring substituents is 1. The highest BCUT2D eigenvalue weighted by Gasteiger charge is 2.43. The zero-order valence-electron chi connectivity index (χ0n) is 18.8. The third-order valence-corrected chi connectivity index (χ3v) is 6.65. The number of nitrogens with zero attached hydrogens (tertiary/aromatic N) is 4. The summed E-state index contributed by atoms with van der Waals surface area (Å²) >= 11 is 0. The van der Waals surface area contributed by atoms with Gasteiger partial charge in [0.1, 0.15) is 17.3 Å². The summed E-state index contributed by atoms with van der Waals surface area (Å²) in [7, 11) is -3.99. The van der Waals surface area contributed by atoms with Crippen molar-refractivity contribution in [2.75, 3.05) is 4.72 Å². The van der Waals surface area contributed by atoms with Gasteiger partial charge in [-0.25, -0.2) is 23.1 Å². The summed E-state index contributed by atoms with van der Waals surface area (Å²) in [4.78, 5) is 48.3. The third kappa shape index (κ3) is 4.55. The van der Waals surface area contributed by atoms with E-state index in [9.17, 15) is 28.1 Å².